The van der Waals surface area contributed by atoms with Gasteiger partial charge in [-0.2, -0.15) is 0 Å². The molecule has 4 heteroatoms. The van der Waals surface area contributed by atoms with Crippen molar-refractivity contribution < 1.29 is 9.59 Å². The number of benzene rings is 1. The molecule has 0 bridgehead atoms. The number of carbonyl (C=O) groups excluding carboxylic acids is 2. The number of rotatable bonds is 6. The summed E-state index contributed by atoms with van der Waals surface area (Å²) in [6.07, 6.45) is 6.31. The van der Waals surface area contributed by atoms with E-state index >= 15 is 0 Å². The van der Waals surface area contributed by atoms with Crippen molar-refractivity contribution >= 4 is 11.8 Å². The van der Waals surface area contributed by atoms with Crippen LogP contribution in [0.15, 0.2) is 24.3 Å². The molecule has 4 rings (SSSR count). The molecule has 0 aromatic heterocycles. The zero-order valence-electron chi connectivity index (χ0n) is 16.0. The van der Waals surface area contributed by atoms with Gasteiger partial charge in [-0.1, -0.05) is 51.0 Å². The molecule has 3 aliphatic rings. The van der Waals surface area contributed by atoms with Crippen molar-refractivity contribution in [1.82, 2.24) is 9.80 Å². The van der Waals surface area contributed by atoms with Crippen LogP contribution in [0.2, 0.25) is 0 Å². The molecule has 4 nitrogen and oxygen atoms in total. The first-order chi connectivity index (χ1) is 12.5. The van der Waals surface area contributed by atoms with E-state index < -0.39 is 0 Å². The Hall–Kier alpha value is -1.68. The molecule has 140 valence electrons. The number of hydrogen-bond acceptors (Lipinski definition) is 3. The van der Waals surface area contributed by atoms with Crippen LogP contribution in [0.1, 0.15) is 69.4 Å². The minimum Gasteiger partial charge on any atom is -0.278 e. The number of hydrogen-bond donors (Lipinski definition) is 0. The topological polar surface area (TPSA) is 40.6 Å². The van der Waals surface area contributed by atoms with Crippen molar-refractivity contribution in [3.63, 3.8) is 0 Å². The van der Waals surface area contributed by atoms with Crippen LogP contribution in [-0.4, -0.2) is 34.3 Å². The summed E-state index contributed by atoms with van der Waals surface area (Å²) in [6.45, 7) is 5.70. The summed E-state index contributed by atoms with van der Waals surface area (Å²) in [7, 11) is 0. The Kier molecular flexibility index (Phi) is 4.87. The summed E-state index contributed by atoms with van der Waals surface area (Å²) >= 11 is 0. The van der Waals surface area contributed by atoms with Gasteiger partial charge in [0.1, 0.15) is 0 Å². The molecule has 0 spiro atoms. The van der Waals surface area contributed by atoms with Crippen LogP contribution < -0.4 is 0 Å². The van der Waals surface area contributed by atoms with Gasteiger partial charge in [0, 0.05) is 12.6 Å². The molecule has 2 amide bonds. The van der Waals surface area contributed by atoms with Gasteiger partial charge in [0.15, 0.2) is 0 Å². The summed E-state index contributed by atoms with van der Waals surface area (Å²) in [6, 6.07) is 9.30. The molecular formula is C22H30N2O2. The Morgan fingerprint density at radius 3 is 2.04 bits per heavy atom. The van der Waals surface area contributed by atoms with Crippen molar-refractivity contribution in [1.29, 1.82) is 0 Å². The lowest BCUT2D eigenvalue weighted by atomic mass is 9.81. The Morgan fingerprint density at radius 1 is 0.962 bits per heavy atom. The normalized spacial score (nSPS) is 26.1. The molecule has 2 saturated carbocycles. The van der Waals surface area contributed by atoms with E-state index in [4.69, 9.17) is 0 Å². The maximum absolute atomic E-state index is 12.8. The lowest BCUT2D eigenvalue weighted by molar-refractivity contribution is -0.142. The van der Waals surface area contributed by atoms with Gasteiger partial charge >= 0.3 is 0 Å². The van der Waals surface area contributed by atoms with Crippen molar-refractivity contribution in [2.24, 2.45) is 11.8 Å². The smallest absolute Gasteiger partial charge is 0.234 e. The Bertz CT molecular complexity index is 654. The lowest BCUT2D eigenvalue weighted by Gasteiger charge is -2.27. The van der Waals surface area contributed by atoms with Gasteiger partial charge in [-0.15, -0.1) is 0 Å². The SMILES string of the molecule is CC(C)c1ccc(CN(CN2C(=O)[C@H]3CCCC[C@H]3C2=O)C2CC2)cc1. The van der Waals surface area contributed by atoms with Crippen molar-refractivity contribution in [3.05, 3.63) is 35.4 Å². The van der Waals surface area contributed by atoms with E-state index in [0.29, 0.717) is 18.6 Å². The number of likely N-dealkylation sites (tertiary alicyclic amines) is 1. The van der Waals surface area contributed by atoms with Gasteiger partial charge in [0.25, 0.3) is 0 Å². The molecule has 0 unspecified atom stereocenters. The fraction of sp³-hybridized carbons (Fsp3) is 0.636. The van der Waals surface area contributed by atoms with E-state index in [9.17, 15) is 9.59 Å². The minimum absolute atomic E-state index is 0.0392. The van der Waals surface area contributed by atoms with E-state index in [1.165, 1.54) is 24.0 Å². The van der Waals surface area contributed by atoms with Crippen molar-refractivity contribution in [2.75, 3.05) is 6.67 Å². The molecule has 1 aliphatic heterocycles. The highest BCUT2D eigenvalue weighted by Gasteiger charge is 2.49. The Balaban J connectivity index is 1.45. The molecule has 1 saturated heterocycles. The third-order valence-electron chi connectivity index (χ3n) is 6.35. The zero-order valence-corrected chi connectivity index (χ0v) is 16.0. The van der Waals surface area contributed by atoms with Gasteiger partial charge in [-0.25, -0.2) is 0 Å². The van der Waals surface area contributed by atoms with Crippen molar-refractivity contribution in [2.45, 2.75) is 70.9 Å². The zero-order chi connectivity index (χ0) is 18.3. The largest absolute Gasteiger partial charge is 0.278 e. The van der Waals surface area contributed by atoms with Crippen LogP contribution in [0.5, 0.6) is 0 Å². The first kappa shape index (κ1) is 17.7. The first-order valence-electron chi connectivity index (χ1n) is 10.2. The Morgan fingerprint density at radius 2 is 1.54 bits per heavy atom. The summed E-state index contributed by atoms with van der Waals surface area (Å²) < 4.78 is 0. The second kappa shape index (κ2) is 7.15. The molecule has 1 aromatic carbocycles. The predicted octanol–water partition coefficient (Wildman–Crippen LogP) is 3.91. The molecule has 2 aliphatic carbocycles. The third kappa shape index (κ3) is 3.44. The highest BCUT2D eigenvalue weighted by molar-refractivity contribution is 6.05. The average Bonchev–Trinajstić information content (AvgIpc) is 3.46. The number of fused-ring (bicyclic) bond motifs is 1. The maximum atomic E-state index is 12.8. The minimum atomic E-state index is -0.0392. The van der Waals surface area contributed by atoms with Crippen LogP contribution in [-0.2, 0) is 16.1 Å². The summed E-state index contributed by atoms with van der Waals surface area (Å²) in [5, 5.41) is 0. The monoisotopic (exact) mass is 354 g/mol. The average molecular weight is 354 g/mol. The van der Waals surface area contributed by atoms with Crippen LogP contribution in [0, 0.1) is 11.8 Å². The fourth-order valence-corrected chi connectivity index (χ4v) is 4.53. The molecule has 26 heavy (non-hydrogen) atoms. The summed E-state index contributed by atoms with van der Waals surface area (Å²) in [4.78, 5) is 29.5. The molecule has 3 fully saturated rings. The van der Waals surface area contributed by atoms with Gasteiger partial charge < -0.3 is 0 Å². The third-order valence-corrected chi connectivity index (χ3v) is 6.35. The molecule has 1 heterocycles. The number of imide groups is 1. The van der Waals surface area contributed by atoms with Gasteiger partial charge in [0.05, 0.1) is 18.5 Å². The van der Waals surface area contributed by atoms with E-state index in [2.05, 4.69) is 43.0 Å². The van der Waals surface area contributed by atoms with Crippen LogP contribution in [0.25, 0.3) is 0 Å². The van der Waals surface area contributed by atoms with Crippen LogP contribution in [0.3, 0.4) is 0 Å². The molecule has 0 radical (unpaired) electrons. The van der Waals surface area contributed by atoms with E-state index in [-0.39, 0.29) is 23.7 Å². The van der Waals surface area contributed by atoms with Gasteiger partial charge in [-0.05, 0) is 42.7 Å². The molecule has 2 atom stereocenters. The highest BCUT2D eigenvalue weighted by atomic mass is 16.2. The van der Waals surface area contributed by atoms with E-state index in [1.54, 1.807) is 4.90 Å². The van der Waals surface area contributed by atoms with E-state index in [1.807, 2.05) is 0 Å². The quantitative estimate of drug-likeness (QED) is 0.727. The first-order valence-corrected chi connectivity index (χ1v) is 10.2. The standard InChI is InChI=1S/C22H30N2O2/c1-15(2)17-9-7-16(8-10-17)13-23(18-11-12-18)14-24-21(25)19-5-3-4-6-20(19)22(24)26/h7-10,15,18-20H,3-6,11-14H2,1-2H3/t19-,20+. The lowest BCUT2D eigenvalue weighted by Crippen LogP contribution is -2.42. The second-order valence-corrected chi connectivity index (χ2v) is 8.62. The second-order valence-electron chi connectivity index (χ2n) is 8.62. The molecular weight excluding hydrogens is 324 g/mol. The number of amides is 2. The predicted molar refractivity (Wildman–Crippen MR) is 101 cm³/mol. The highest BCUT2D eigenvalue weighted by Crippen LogP contribution is 2.39. The van der Waals surface area contributed by atoms with Crippen LogP contribution in [0.4, 0.5) is 0 Å². The van der Waals surface area contributed by atoms with Crippen molar-refractivity contribution in [3.8, 4) is 0 Å². The molecule has 0 N–H and O–H groups in total. The Labute approximate surface area is 156 Å². The summed E-state index contributed by atoms with van der Waals surface area (Å²) in [5.41, 5.74) is 2.61. The fourth-order valence-electron chi connectivity index (χ4n) is 4.53. The summed E-state index contributed by atoms with van der Waals surface area (Å²) in [5.74, 6) is 0.623. The van der Waals surface area contributed by atoms with Crippen LogP contribution >= 0.6 is 0 Å². The van der Waals surface area contributed by atoms with Gasteiger partial charge in [-0.3, -0.25) is 19.4 Å². The van der Waals surface area contributed by atoms with E-state index in [0.717, 1.165) is 32.2 Å². The number of nitrogens with zero attached hydrogens (tertiary/aromatic N) is 2. The number of carbonyl (C=O) groups is 2. The molecule has 1 aromatic rings. The van der Waals surface area contributed by atoms with Gasteiger partial charge in [0.2, 0.25) is 11.8 Å². The maximum Gasteiger partial charge on any atom is 0.234 e.